The number of rotatable bonds is 3. The second-order valence-corrected chi connectivity index (χ2v) is 3.88. The minimum Gasteiger partial charge on any atom is -0.497 e. The predicted octanol–water partition coefficient (Wildman–Crippen LogP) is 2.73. The molecule has 2 aromatic carbocycles. The van der Waals surface area contributed by atoms with E-state index in [0.29, 0.717) is 5.56 Å². The van der Waals surface area contributed by atoms with Crippen LogP contribution in [0.15, 0.2) is 42.5 Å². The lowest BCUT2D eigenvalue weighted by Gasteiger charge is -2.07. The Balaban J connectivity index is 2.50. The van der Waals surface area contributed by atoms with Gasteiger partial charge in [0.05, 0.1) is 25.3 Å². The number of hydrogen-bond donors (Lipinski definition) is 1. The third-order valence-electron chi connectivity index (χ3n) is 2.79. The summed E-state index contributed by atoms with van der Waals surface area (Å²) < 4.78 is 5.17. The highest BCUT2D eigenvalue weighted by atomic mass is 16.5. The van der Waals surface area contributed by atoms with Crippen LogP contribution in [0.5, 0.6) is 5.75 Å². The quantitative estimate of drug-likeness (QED) is 0.896. The van der Waals surface area contributed by atoms with Crippen LogP contribution in [0, 0.1) is 11.3 Å². The molecule has 0 fully saturated rings. The molecule has 1 N–H and O–H groups in total. The summed E-state index contributed by atoms with van der Waals surface area (Å²) in [6, 6.07) is 15.0. The first-order valence-electron chi connectivity index (χ1n) is 5.57. The number of benzene rings is 2. The van der Waals surface area contributed by atoms with Gasteiger partial charge in [-0.15, -0.1) is 0 Å². The van der Waals surface area contributed by atoms with Crippen molar-refractivity contribution in [1.29, 1.82) is 5.26 Å². The zero-order chi connectivity index (χ0) is 13.0. The lowest BCUT2D eigenvalue weighted by molar-refractivity contribution is 0.282. The van der Waals surface area contributed by atoms with Gasteiger partial charge in [0.2, 0.25) is 0 Å². The topological polar surface area (TPSA) is 53.2 Å². The molecule has 0 saturated heterocycles. The molecule has 0 aliphatic carbocycles. The molecule has 0 amide bonds. The van der Waals surface area contributed by atoms with Crippen LogP contribution in [0.3, 0.4) is 0 Å². The van der Waals surface area contributed by atoms with Gasteiger partial charge >= 0.3 is 0 Å². The fourth-order valence-electron chi connectivity index (χ4n) is 1.78. The van der Waals surface area contributed by atoms with E-state index < -0.39 is 0 Å². The minimum absolute atomic E-state index is 0.0174. The van der Waals surface area contributed by atoms with Gasteiger partial charge in [-0.1, -0.05) is 24.3 Å². The molecule has 0 heterocycles. The highest BCUT2D eigenvalue weighted by Crippen LogP contribution is 2.27. The number of hydrogen-bond acceptors (Lipinski definition) is 3. The van der Waals surface area contributed by atoms with Gasteiger partial charge in [-0.25, -0.2) is 0 Å². The molecule has 90 valence electrons. The summed E-state index contributed by atoms with van der Waals surface area (Å²) in [5.41, 5.74) is 3.22. The summed E-state index contributed by atoms with van der Waals surface area (Å²) in [4.78, 5) is 0. The van der Waals surface area contributed by atoms with Crippen molar-refractivity contribution in [2.75, 3.05) is 7.11 Å². The Morgan fingerprint density at radius 1 is 1.17 bits per heavy atom. The van der Waals surface area contributed by atoms with E-state index in [2.05, 4.69) is 6.07 Å². The second-order valence-electron chi connectivity index (χ2n) is 3.88. The molecule has 0 bridgehead atoms. The van der Waals surface area contributed by atoms with E-state index in [-0.39, 0.29) is 6.61 Å². The molecular weight excluding hydrogens is 226 g/mol. The zero-order valence-electron chi connectivity index (χ0n) is 10.1. The average Bonchev–Trinajstić information content (AvgIpc) is 2.46. The van der Waals surface area contributed by atoms with Crippen molar-refractivity contribution in [3.8, 4) is 22.9 Å². The van der Waals surface area contributed by atoms with Crippen molar-refractivity contribution in [2.24, 2.45) is 0 Å². The summed E-state index contributed by atoms with van der Waals surface area (Å²) in [6.07, 6.45) is 0. The highest BCUT2D eigenvalue weighted by Gasteiger charge is 2.06. The van der Waals surface area contributed by atoms with E-state index in [9.17, 15) is 0 Å². The van der Waals surface area contributed by atoms with E-state index in [1.54, 1.807) is 19.2 Å². The van der Waals surface area contributed by atoms with Crippen molar-refractivity contribution in [3.63, 3.8) is 0 Å². The fraction of sp³-hybridized carbons (Fsp3) is 0.133. The smallest absolute Gasteiger partial charge is 0.119 e. The van der Waals surface area contributed by atoms with E-state index in [1.807, 2.05) is 30.3 Å². The van der Waals surface area contributed by atoms with Crippen LogP contribution in [-0.4, -0.2) is 12.2 Å². The van der Waals surface area contributed by atoms with Crippen LogP contribution < -0.4 is 4.74 Å². The van der Waals surface area contributed by atoms with Gasteiger partial charge in [0.1, 0.15) is 5.75 Å². The number of aliphatic hydroxyl groups excluding tert-OH is 1. The molecule has 3 nitrogen and oxygen atoms in total. The molecule has 0 atom stereocenters. The maximum absolute atomic E-state index is 9.11. The van der Waals surface area contributed by atoms with Crippen LogP contribution in [0.1, 0.15) is 11.1 Å². The Morgan fingerprint density at radius 2 is 1.89 bits per heavy atom. The standard InChI is InChI=1S/C15H13NO2/c1-18-14-7-6-13(9-16)15(8-14)12-4-2-11(10-17)3-5-12/h2-8,17H,10H2,1H3. The molecule has 0 aliphatic heterocycles. The normalized spacial score (nSPS) is 9.83. The maximum Gasteiger partial charge on any atom is 0.119 e. The number of nitriles is 1. The van der Waals surface area contributed by atoms with Crippen molar-refractivity contribution in [1.82, 2.24) is 0 Å². The van der Waals surface area contributed by atoms with Gasteiger partial charge in [-0.05, 0) is 29.3 Å². The molecule has 3 heteroatoms. The number of methoxy groups -OCH3 is 1. The monoisotopic (exact) mass is 239 g/mol. The van der Waals surface area contributed by atoms with Crippen molar-refractivity contribution in [2.45, 2.75) is 6.61 Å². The summed E-state index contributed by atoms with van der Waals surface area (Å²) in [6.45, 7) is 0.0174. The molecule has 0 spiro atoms. The SMILES string of the molecule is COc1ccc(C#N)c(-c2ccc(CO)cc2)c1. The third kappa shape index (κ3) is 2.34. The average molecular weight is 239 g/mol. The lowest BCUT2D eigenvalue weighted by atomic mass is 9.99. The molecule has 0 aliphatic rings. The van der Waals surface area contributed by atoms with Gasteiger partial charge in [0, 0.05) is 5.56 Å². The largest absolute Gasteiger partial charge is 0.497 e. The molecule has 2 rings (SSSR count). The summed E-state index contributed by atoms with van der Waals surface area (Å²) in [7, 11) is 1.60. The molecular formula is C15H13NO2. The summed E-state index contributed by atoms with van der Waals surface area (Å²) in [5, 5.41) is 18.1. The van der Waals surface area contributed by atoms with Gasteiger partial charge < -0.3 is 9.84 Å². The molecule has 0 aromatic heterocycles. The van der Waals surface area contributed by atoms with Crippen LogP contribution in [0.4, 0.5) is 0 Å². The van der Waals surface area contributed by atoms with Crippen LogP contribution in [0.25, 0.3) is 11.1 Å². The Morgan fingerprint density at radius 3 is 2.44 bits per heavy atom. The first-order chi connectivity index (χ1) is 8.78. The zero-order valence-corrected chi connectivity index (χ0v) is 10.1. The molecule has 0 saturated carbocycles. The second kappa shape index (κ2) is 5.35. The van der Waals surface area contributed by atoms with E-state index in [0.717, 1.165) is 22.4 Å². The highest BCUT2D eigenvalue weighted by molar-refractivity contribution is 5.72. The van der Waals surface area contributed by atoms with E-state index in [4.69, 9.17) is 15.1 Å². The molecule has 0 unspecified atom stereocenters. The first-order valence-corrected chi connectivity index (χ1v) is 5.57. The Kier molecular flexibility index (Phi) is 3.61. The maximum atomic E-state index is 9.11. The van der Waals surface area contributed by atoms with Gasteiger partial charge in [-0.2, -0.15) is 5.26 Å². The van der Waals surface area contributed by atoms with Crippen molar-refractivity contribution < 1.29 is 9.84 Å². The first kappa shape index (κ1) is 12.2. The van der Waals surface area contributed by atoms with Crippen LogP contribution >= 0.6 is 0 Å². The van der Waals surface area contributed by atoms with Crippen molar-refractivity contribution >= 4 is 0 Å². The van der Waals surface area contributed by atoms with Crippen molar-refractivity contribution in [3.05, 3.63) is 53.6 Å². The van der Waals surface area contributed by atoms with Gasteiger partial charge in [-0.3, -0.25) is 0 Å². The Bertz CT molecular complexity index is 582. The Labute approximate surface area is 106 Å². The lowest BCUT2D eigenvalue weighted by Crippen LogP contribution is -1.89. The number of aliphatic hydroxyl groups is 1. The predicted molar refractivity (Wildman–Crippen MR) is 69.1 cm³/mol. The van der Waals surface area contributed by atoms with Crippen LogP contribution in [-0.2, 0) is 6.61 Å². The number of ether oxygens (including phenoxy) is 1. The number of nitrogens with zero attached hydrogens (tertiary/aromatic N) is 1. The fourth-order valence-corrected chi connectivity index (χ4v) is 1.78. The Hall–Kier alpha value is -2.31. The van der Waals surface area contributed by atoms with E-state index in [1.165, 1.54) is 0 Å². The molecule has 0 radical (unpaired) electrons. The summed E-state index contributed by atoms with van der Waals surface area (Å²) >= 11 is 0. The minimum atomic E-state index is 0.0174. The molecule has 2 aromatic rings. The third-order valence-corrected chi connectivity index (χ3v) is 2.79. The molecule has 18 heavy (non-hydrogen) atoms. The van der Waals surface area contributed by atoms with Gasteiger partial charge in [0.25, 0.3) is 0 Å². The summed E-state index contributed by atoms with van der Waals surface area (Å²) in [5.74, 6) is 0.718. The van der Waals surface area contributed by atoms with Gasteiger partial charge in [0.15, 0.2) is 0 Å². The van der Waals surface area contributed by atoms with Crippen LogP contribution in [0.2, 0.25) is 0 Å². The van der Waals surface area contributed by atoms with E-state index >= 15 is 0 Å².